The Labute approximate surface area is 178 Å². The summed E-state index contributed by atoms with van der Waals surface area (Å²) in [6.07, 6.45) is 3.79. The van der Waals surface area contributed by atoms with E-state index in [9.17, 15) is 4.79 Å². The second-order valence-corrected chi connectivity index (χ2v) is 6.52. The summed E-state index contributed by atoms with van der Waals surface area (Å²) in [6, 6.07) is 11.0. The molecule has 0 aliphatic carbocycles. The molecule has 1 aromatic carbocycles. The van der Waals surface area contributed by atoms with Crippen molar-refractivity contribution >= 4 is 41.5 Å². The Morgan fingerprint density at radius 2 is 2.00 bits per heavy atom. The number of nitrogens with one attached hydrogen (secondary N) is 3. The molecule has 0 unspecified atom stereocenters. The Kier molecular flexibility index (Phi) is 10.5. The zero-order valence-electron chi connectivity index (χ0n) is 16.1. The molecule has 0 saturated carbocycles. The van der Waals surface area contributed by atoms with E-state index < -0.39 is 0 Å². The topological polar surface area (TPSA) is 78.7 Å². The molecular weight excluding hydrogens is 455 g/mol. The van der Waals surface area contributed by atoms with E-state index in [1.54, 1.807) is 19.2 Å². The molecule has 1 heterocycles. The summed E-state index contributed by atoms with van der Waals surface area (Å²) in [5.41, 5.74) is 1.78. The zero-order chi connectivity index (χ0) is 18.8. The number of halogens is 1. The van der Waals surface area contributed by atoms with Gasteiger partial charge >= 0.3 is 0 Å². The lowest BCUT2D eigenvalue weighted by molar-refractivity contribution is 0.0996. The molecular formula is C20H29IN4O2. The van der Waals surface area contributed by atoms with Crippen LogP contribution in [-0.4, -0.2) is 25.5 Å². The Morgan fingerprint density at radius 3 is 2.67 bits per heavy atom. The first-order valence-electron chi connectivity index (χ1n) is 8.97. The van der Waals surface area contributed by atoms with Gasteiger partial charge in [0.25, 0.3) is 5.91 Å². The van der Waals surface area contributed by atoms with E-state index in [1.165, 1.54) is 12.7 Å². The lowest BCUT2D eigenvalue weighted by Crippen LogP contribution is -2.37. The number of carbonyl (C=O) groups is 1. The molecule has 0 radical (unpaired) electrons. The molecule has 2 rings (SSSR count). The van der Waals surface area contributed by atoms with Gasteiger partial charge in [0.2, 0.25) is 0 Å². The fourth-order valence-corrected chi connectivity index (χ4v) is 2.48. The number of hydrogen-bond donors (Lipinski definition) is 3. The molecule has 0 spiro atoms. The fraction of sp³-hybridized carbons (Fsp3) is 0.400. The number of aliphatic imine (C=N–C) groups is 1. The van der Waals surface area contributed by atoms with Gasteiger partial charge in [-0.1, -0.05) is 26.0 Å². The first kappa shape index (κ1) is 23.0. The third-order valence-electron chi connectivity index (χ3n) is 3.86. The molecule has 6 nitrogen and oxygen atoms in total. The van der Waals surface area contributed by atoms with E-state index in [2.05, 4.69) is 34.8 Å². The molecule has 148 valence electrons. The highest BCUT2D eigenvalue weighted by Crippen LogP contribution is 2.12. The molecule has 7 heteroatoms. The van der Waals surface area contributed by atoms with Crippen LogP contribution >= 0.6 is 24.0 Å². The molecule has 1 aromatic heterocycles. The minimum absolute atomic E-state index is 0. The number of nitrogens with zero attached hydrogens (tertiary/aromatic N) is 1. The van der Waals surface area contributed by atoms with Crippen molar-refractivity contribution in [1.29, 1.82) is 0 Å². The number of furan rings is 1. The first-order chi connectivity index (χ1) is 12.6. The average Bonchev–Trinajstić information content (AvgIpc) is 3.16. The second kappa shape index (κ2) is 12.4. The quantitative estimate of drug-likeness (QED) is 0.227. The molecule has 0 aliphatic heterocycles. The van der Waals surface area contributed by atoms with E-state index in [0.29, 0.717) is 18.2 Å². The van der Waals surface area contributed by atoms with Crippen LogP contribution in [0.2, 0.25) is 0 Å². The number of rotatable bonds is 8. The van der Waals surface area contributed by atoms with Crippen LogP contribution in [-0.2, 0) is 6.54 Å². The molecule has 0 fully saturated rings. The highest BCUT2D eigenvalue weighted by atomic mass is 127. The van der Waals surface area contributed by atoms with Gasteiger partial charge in [0.15, 0.2) is 11.7 Å². The molecule has 3 N–H and O–H groups in total. The zero-order valence-corrected chi connectivity index (χ0v) is 18.4. The Hall–Kier alpha value is -2.03. The van der Waals surface area contributed by atoms with Crippen molar-refractivity contribution in [2.45, 2.75) is 33.2 Å². The Bertz CT molecular complexity index is 715. The summed E-state index contributed by atoms with van der Waals surface area (Å²) in [5.74, 6) is 1.52. The number of carbonyl (C=O) groups excluding carboxylic acids is 1. The smallest absolute Gasteiger partial charge is 0.291 e. The fourth-order valence-electron chi connectivity index (χ4n) is 2.48. The highest BCUT2D eigenvalue weighted by molar-refractivity contribution is 14.0. The van der Waals surface area contributed by atoms with Gasteiger partial charge in [-0.25, -0.2) is 0 Å². The molecule has 27 heavy (non-hydrogen) atoms. The van der Waals surface area contributed by atoms with Crippen molar-refractivity contribution in [3.63, 3.8) is 0 Å². The molecule has 0 saturated heterocycles. The van der Waals surface area contributed by atoms with Crippen molar-refractivity contribution in [3.8, 4) is 0 Å². The third-order valence-corrected chi connectivity index (χ3v) is 3.86. The Balaban J connectivity index is 0.00000364. The van der Waals surface area contributed by atoms with E-state index in [-0.39, 0.29) is 29.9 Å². The Morgan fingerprint density at radius 1 is 1.19 bits per heavy atom. The lowest BCUT2D eigenvalue weighted by Gasteiger charge is -2.13. The van der Waals surface area contributed by atoms with Gasteiger partial charge in [0.1, 0.15) is 0 Å². The van der Waals surface area contributed by atoms with Gasteiger partial charge in [-0.05, 0) is 48.6 Å². The van der Waals surface area contributed by atoms with E-state index in [4.69, 9.17) is 4.42 Å². The normalized spacial score (nSPS) is 11.0. The van der Waals surface area contributed by atoms with E-state index in [1.807, 2.05) is 24.3 Å². The summed E-state index contributed by atoms with van der Waals surface area (Å²) < 4.78 is 5.10. The number of amides is 1. The maximum absolute atomic E-state index is 12.0. The van der Waals surface area contributed by atoms with Gasteiger partial charge in [-0.2, -0.15) is 0 Å². The van der Waals surface area contributed by atoms with Crippen LogP contribution in [0.25, 0.3) is 0 Å². The van der Waals surface area contributed by atoms with Crippen LogP contribution in [0.4, 0.5) is 5.69 Å². The van der Waals surface area contributed by atoms with Crippen molar-refractivity contribution in [2.24, 2.45) is 10.9 Å². The van der Waals surface area contributed by atoms with Crippen LogP contribution in [0.15, 0.2) is 52.1 Å². The molecule has 0 aliphatic rings. The first-order valence-corrected chi connectivity index (χ1v) is 8.97. The van der Waals surface area contributed by atoms with Crippen LogP contribution in [0.5, 0.6) is 0 Å². The van der Waals surface area contributed by atoms with Gasteiger partial charge in [-0.15, -0.1) is 24.0 Å². The van der Waals surface area contributed by atoms with Crippen molar-refractivity contribution in [3.05, 3.63) is 54.0 Å². The second-order valence-electron chi connectivity index (χ2n) is 6.52. The monoisotopic (exact) mass is 484 g/mol. The predicted molar refractivity (Wildman–Crippen MR) is 121 cm³/mol. The predicted octanol–water partition coefficient (Wildman–Crippen LogP) is 4.25. The largest absolute Gasteiger partial charge is 0.459 e. The van der Waals surface area contributed by atoms with Gasteiger partial charge in [0, 0.05) is 25.8 Å². The minimum Gasteiger partial charge on any atom is -0.459 e. The maximum atomic E-state index is 12.0. The van der Waals surface area contributed by atoms with Crippen LogP contribution in [0.3, 0.4) is 0 Å². The number of benzene rings is 1. The molecule has 1 amide bonds. The number of guanidine groups is 1. The molecule has 2 aromatic rings. The van der Waals surface area contributed by atoms with Crippen LogP contribution < -0.4 is 16.0 Å². The van der Waals surface area contributed by atoms with Crippen LogP contribution in [0.1, 0.15) is 42.8 Å². The summed E-state index contributed by atoms with van der Waals surface area (Å²) >= 11 is 0. The average molecular weight is 484 g/mol. The number of anilines is 1. The summed E-state index contributed by atoms with van der Waals surface area (Å²) in [7, 11) is 1.76. The summed E-state index contributed by atoms with van der Waals surface area (Å²) in [5, 5.41) is 9.44. The standard InChI is InChI=1S/C20H28N4O2.HI/c1-15(2)7-5-11-22-20(21-3)23-14-16-8-4-9-17(13-16)24-19(25)18-10-6-12-26-18;/h4,6,8-10,12-13,15H,5,7,11,14H2,1-3H3,(H,24,25)(H2,21,22,23);1H. The molecule has 0 atom stereocenters. The van der Waals surface area contributed by atoms with E-state index >= 15 is 0 Å². The van der Waals surface area contributed by atoms with Crippen molar-refractivity contribution in [1.82, 2.24) is 10.6 Å². The minimum atomic E-state index is -0.261. The lowest BCUT2D eigenvalue weighted by atomic mass is 10.1. The van der Waals surface area contributed by atoms with Gasteiger partial charge in [0.05, 0.1) is 6.26 Å². The summed E-state index contributed by atoms with van der Waals surface area (Å²) in [6.45, 7) is 5.97. The third kappa shape index (κ3) is 8.47. The SMILES string of the molecule is CN=C(NCCCC(C)C)NCc1cccc(NC(=O)c2ccco2)c1.I. The van der Waals surface area contributed by atoms with Crippen molar-refractivity contribution in [2.75, 3.05) is 18.9 Å². The maximum Gasteiger partial charge on any atom is 0.291 e. The van der Waals surface area contributed by atoms with Crippen LogP contribution in [0, 0.1) is 5.92 Å². The molecule has 0 bridgehead atoms. The number of hydrogen-bond acceptors (Lipinski definition) is 3. The van der Waals surface area contributed by atoms with Gasteiger partial charge < -0.3 is 20.4 Å². The highest BCUT2D eigenvalue weighted by Gasteiger charge is 2.08. The summed E-state index contributed by atoms with van der Waals surface area (Å²) in [4.78, 5) is 16.3. The van der Waals surface area contributed by atoms with E-state index in [0.717, 1.165) is 30.2 Å². The van der Waals surface area contributed by atoms with Gasteiger partial charge in [-0.3, -0.25) is 9.79 Å². The van der Waals surface area contributed by atoms with Crippen molar-refractivity contribution < 1.29 is 9.21 Å².